The van der Waals surface area contributed by atoms with E-state index in [9.17, 15) is 14.4 Å². The Balaban J connectivity index is 1.08. The molecule has 2 amide bonds. The maximum Gasteiger partial charge on any atom is 0.407 e. The van der Waals surface area contributed by atoms with Gasteiger partial charge in [0.15, 0.2) is 5.78 Å². The molecule has 0 radical (unpaired) electrons. The molecule has 4 heterocycles. The third-order valence-electron chi connectivity index (χ3n) is 10.8. The minimum atomic E-state index is -1.32. The van der Waals surface area contributed by atoms with Crippen LogP contribution >= 0.6 is 0 Å². The van der Waals surface area contributed by atoms with E-state index in [0.29, 0.717) is 32.5 Å². The van der Waals surface area contributed by atoms with Crippen molar-refractivity contribution in [1.82, 2.24) is 25.4 Å². The van der Waals surface area contributed by atoms with Crippen molar-refractivity contribution in [3.8, 4) is 5.75 Å². The number of Topliss-reactive ketones (excluding diaryl/α,β-unsaturated/α-hetero) is 1. The number of fused-ring (bicyclic) bond motifs is 3. The molecular formula is C36H48FN5O6. The average molecular weight is 666 g/mol. The van der Waals surface area contributed by atoms with E-state index in [1.165, 1.54) is 0 Å². The van der Waals surface area contributed by atoms with Crippen molar-refractivity contribution in [3.05, 3.63) is 41.7 Å². The summed E-state index contributed by atoms with van der Waals surface area (Å²) < 4.78 is 34.0. The minimum absolute atomic E-state index is 0.0321. The largest absolute Gasteiger partial charge is 0.497 e. The molecule has 2 aromatic rings. The van der Waals surface area contributed by atoms with Crippen molar-refractivity contribution < 1.29 is 33.0 Å². The Morgan fingerprint density at radius 1 is 1.15 bits per heavy atom. The third-order valence-corrected chi connectivity index (χ3v) is 10.8. The van der Waals surface area contributed by atoms with Gasteiger partial charge in [0, 0.05) is 54.9 Å². The zero-order valence-electron chi connectivity index (χ0n) is 28.3. The van der Waals surface area contributed by atoms with Crippen molar-refractivity contribution >= 4 is 28.7 Å². The van der Waals surface area contributed by atoms with Crippen LogP contribution in [0.3, 0.4) is 0 Å². The molecule has 1 aromatic carbocycles. The summed E-state index contributed by atoms with van der Waals surface area (Å²) in [5.74, 6) is -0.637. The molecular weight excluding hydrogens is 617 g/mol. The fourth-order valence-electron chi connectivity index (χ4n) is 8.71. The Bertz CT molecular complexity index is 1590. The summed E-state index contributed by atoms with van der Waals surface area (Å²) in [4.78, 5) is 47.7. The number of alkyl halides is 1. The lowest BCUT2D eigenvalue weighted by atomic mass is 9.69. The Morgan fingerprint density at radius 3 is 2.75 bits per heavy atom. The summed E-state index contributed by atoms with van der Waals surface area (Å²) >= 11 is 0. The summed E-state index contributed by atoms with van der Waals surface area (Å²) in [6.45, 7) is 6.90. The van der Waals surface area contributed by atoms with Gasteiger partial charge in [-0.25, -0.2) is 9.18 Å². The molecule has 11 nitrogen and oxygen atoms in total. The number of H-pyrrole nitrogens is 1. The molecule has 0 bridgehead atoms. The number of carbonyl (C=O) groups is 3. The minimum Gasteiger partial charge on any atom is -0.497 e. The summed E-state index contributed by atoms with van der Waals surface area (Å²) in [5, 5.41) is 6.95. The first-order valence-corrected chi connectivity index (χ1v) is 17.5. The lowest BCUT2D eigenvalue weighted by Crippen LogP contribution is -2.73. The number of likely N-dealkylation sites (tertiary alicyclic amines) is 1. The first kappa shape index (κ1) is 32.9. The molecule has 5 aliphatic rings. The average Bonchev–Trinajstić information content (AvgIpc) is 3.67. The van der Waals surface area contributed by atoms with Gasteiger partial charge in [-0.2, -0.15) is 0 Å². The number of carbonyl (C=O) groups excluding carboxylic acids is 3. The van der Waals surface area contributed by atoms with Crippen LogP contribution in [0.4, 0.5) is 9.18 Å². The lowest BCUT2D eigenvalue weighted by Gasteiger charge is -2.60. The second kappa shape index (κ2) is 13.0. The highest BCUT2D eigenvalue weighted by molar-refractivity contribution is 6.20. The molecule has 260 valence electrons. The number of nitrogens with zero attached hydrogens (tertiary/aromatic N) is 2. The van der Waals surface area contributed by atoms with Gasteiger partial charge in [-0.3, -0.25) is 14.5 Å². The number of methoxy groups -OCH3 is 1. The van der Waals surface area contributed by atoms with Crippen molar-refractivity contribution in [3.63, 3.8) is 0 Å². The molecule has 8 unspecified atom stereocenters. The predicted octanol–water partition coefficient (Wildman–Crippen LogP) is 4.01. The predicted molar refractivity (Wildman–Crippen MR) is 177 cm³/mol. The summed E-state index contributed by atoms with van der Waals surface area (Å²) in [6.07, 6.45) is 6.39. The third kappa shape index (κ3) is 6.29. The number of aromatic nitrogens is 1. The number of ether oxygens (including phenoxy) is 3. The number of hydrogen-bond donors (Lipinski definition) is 3. The molecule has 1 aromatic heterocycles. The monoisotopic (exact) mass is 665 g/mol. The van der Waals surface area contributed by atoms with E-state index in [1.807, 2.05) is 45.2 Å². The van der Waals surface area contributed by atoms with Gasteiger partial charge < -0.3 is 34.7 Å². The number of alkyl carbamates (subject to hydrolysis) is 1. The molecule has 2 saturated heterocycles. The Labute approximate surface area is 280 Å². The van der Waals surface area contributed by atoms with Gasteiger partial charge in [0.25, 0.3) is 5.91 Å². The number of amides is 2. The van der Waals surface area contributed by atoms with E-state index < -0.39 is 41.8 Å². The molecule has 3 aliphatic heterocycles. The van der Waals surface area contributed by atoms with Crippen molar-refractivity contribution in [1.29, 1.82) is 0 Å². The van der Waals surface area contributed by atoms with E-state index >= 15 is 4.39 Å². The van der Waals surface area contributed by atoms with Gasteiger partial charge in [-0.1, -0.05) is 12.8 Å². The fraction of sp³-hybridized carbons (Fsp3) is 0.639. The highest BCUT2D eigenvalue weighted by atomic mass is 19.1. The zero-order chi connectivity index (χ0) is 33.7. The van der Waals surface area contributed by atoms with Crippen LogP contribution in [-0.4, -0.2) is 107 Å². The van der Waals surface area contributed by atoms with E-state index in [4.69, 9.17) is 14.2 Å². The maximum atomic E-state index is 16.4. The number of aromatic amines is 1. The first-order valence-electron chi connectivity index (χ1n) is 17.5. The number of rotatable bonds is 7. The molecule has 4 fully saturated rings. The van der Waals surface area contributed by atoms with Crippen LogP contribution in [0.25, 0.3) is 10.9 Å². The van der Waals surface area contributed by atoms with Crippen LogP contribution in [0.15, 0.2) is 36.2 Å². The molecule has 7 rings (SSSR count). The fourth-order valence-corrected chi connectivity index (χ4v) is 8.71. The molecule has 48 heavy (non-hydrogen) atoms. The second-order valence-corrected chi connectivity index (χ2v) is 15.0. The highest BCUT2D eigenvalue weighted by Crippen LogP contribution is 2.47. The lowest BCUT2D eigenvalue weighted by molar-refractivity contribution is -0.209. The van der Waals surface area contributed by atoms with Gasteiger partial charge in [-0.05, 0) is 76.6 Å². The summed E-state index contributed by atoms with van der Waals surface area (Å²) in [6, 6.07) is 4.81. The maximum absolute atomic E-state index is 16.4. The van der Waals surface area contributed by atoms with Crippen LogP contribution in [0.1, 0.15) is 64.9 Å². The van der Waals surface area contributed by atoms with Crippen LogP contribution < -0.4 is 15.4 Å². The van der Waals surface area contributed by atoms with Gasteiger partial charge in [0.1, 0.15) is 17.5 Å². The summed E-state index contributed by atoms with van der Waals surface area (Å²) in [5.41, 5.74) is 1.52. The van der Waals surface area contributed by atoms with Gasteiger partial charge in [0.05, 0.1) is 43.0 Å². The zero-order valence-corrected chi connectivity index (χ0v) is 28.3. The Kier molecular flexibility index (Phi) is 8.91. The number of halogens is 1. The molecule has 8 atom stereocenters. The van der Waals surface area contributed by atoms with E-state index in [1.54, 1.807) is 13.3 Å². The van der Waals surface area contributed by atoms with Crippen LogP contribution in [0.2, 0.25) is 0 Å². The molecule has 2 saturated carbocycles. The number of nitrogens with one attached hydrogen (secondary N) is 3. The number of benzene rings is 1. The first-order chi connectivity index (χ1) is 23.0. The highest BCUT2D eigenvalue weighted by Gasteiger charge is 2.60. The van der Waals surface area contributed by atoms with E-state index in [2.05, 4.69) is 25.4 Å². The molecule has 3 N–H and O–H groups in total. The standard InChI is InChI=1S/C36H48FN5O6/c1-36(2,3)48-35(45)40-21-12-14-41(18-21)31-26(37)16-24-30-33(31)47-29-8-6-5-7-28(29)42(30)19-25(32(24)43)34(44)38-13-11-20-17-39-27-10-9-22(46-4)15-23(20)27/h9-10,15,17,19,21,24,26,28-31,33,39H,5-8,11-14,16,18H2,1-4H3,(H,38,44)(H,40,45). The quantitative estimate of drug-likeness (QED) is 0.379. The smallest absolute Gasteiger partial charge is 0.407 e. The Hall–Kier alpha value is -3.64. The van der Waals surface area contributed by atoms with E-state index in [-0.39, 0.29) is 42.0 Å². The SMILES string of the molecule is COc1ccc2[nH]cc(CCNC(=O)C3=CN4C5CCCCC5OC5C(N6CCC(NC(=O)OC(C)(C)C)C6)C(F)CC(C3=O)C54)c2c1. The normalized spacial score (nSPS) is 31.9. The van der Waals surface area contributed by atoms with Crippen LogP contribution in [-0.2, 0) is 25.5 Å². The molecule has 0 spiro atoms. The van der Waals surface area contributed by atoms with Crippen LogP contribution in [0.5, 0.6) is 5.75 Å². The number of morpholine rings is 1. The summed E-state index contributed by atoms with van der Waals surface area (Å²) in [7, 11) is 1.63. The van der Waals surface area contributed by atoms with Gasteiger partial charge in [0.2, 0.25) is 0 Å². The van der Waals surface area contributed by atoms with Crippen molar-refractivity contribution in [2.45, 2.75) is 114 Å². The van der Waals surface area contributed by atoms with Crippen molar-refractivity contribution in [2.75, 3.05) is 26.7 Å². The topological polar surface area (TPSA) is 125 Å². The van der Waals surface area contributed by atoms with Crippen molar-refractivity contribution in [2.24, 2.45) is 5.92 Å². The molecule has 12 heteroatoms. The van der Waals surface area contributed by atoms with E-state index in [0.717, 1.165) is 47.9 Å². The Morgan fingerprint density at radius 2 is 1.96 bits per heavy atom. The number of hydrogen-bond acceptors (Lipinski definition) is 8. The number of ketones is 1. The van der Waals surface area contributed by atoms with Gasteiger partial charge in [-0.15, -0.1) is 0 Å². The van der Waals surface area contributed by atoms with Gasteiger partial charge >= 0.3 is 6.09 Å². The second-order valence-electron chi connectivity index (χ2n) is 15.0. The van der Waals surface area contributed by atoms with Crippen LogP contribution in [0, 0.1) is 5.92 Å². The molecule has 2 aliphatic carbocycles.